The molecule has 1 aliphatic rings. The van der Waals surface area contributed by atoms with Gasteiger partial charge in [0.2, 0.25) is 0 Å². The molecule has 0 spiro atoms. The van der Waals surface area contributed by atoms with Gasteiger partial charge < -0.3 is 16.0 Å². The molecule has 0 aromatic carbocycles. The third-order valence-corrected chi connectivity index (χ3v) is 3.71. The maximum atomic E-state index is 11.9. The number of anilines is 2. The molecule has 1 amide bonds. The Morgan fingerprint density at radius 3 is 2.74 bits per heavy atom. The molecule has 0 saturated carbocycles. The van der Waals surface area contributed by atoms with Crippen LogP contribution in [-0.4, -0.2) is 40.5 Å². The van der Waals surface area contributed by atoms with Crippen LogP contribution < -0.4 is 16.0 Å². The van der Waals surface area contributed by atoms with Gasteiger partial charge in [0, 0.05) is 31.4 Å². The molecular weight excluding hydrogens is 292 g/mol. The van der Waals surface area contributed by atoms with Crippen LogP contribution in [0.5, 0.6) is 0 Å². The van der Waals surface area contributed by atoms with Crippen LogP contribution in [0.3, 0.4) is 0 Å². The Kier molecular flexibility index (Phi) is 4.36. The molecule has 0 unspecified atom stereocenters. The van der Waals surface area contributed by atoms with Crippen LogP contribution in [0.4, 0.5) is 11.6 Å². The molecule has 3 heterocycles. The first-order valence-electron chi connectivity index (χ1n) is 7.70. The molecule has 0 bridgehead atoms. The number of rotatable bonds is 5. The van der Waals surface area contributed by atoms with E-state index in [9.17, 15) is 4.79 Å². The molecular formula is C16H20N6O. The van der Waals surface area contributed by atoms with Gasteiger partial charge in [0.25, 0.3) is 5.91 Å². The van der Waals surface area contributed by atoms with Crippen molar-refractivity contribution in [3.63, 3.8) is 0 Å². The average Bonchev–Trinajstić information content (AvgIpc) is 2.54. The summed E-state index contributed by atoms with van der Waals surface area (Å²) in [7, 11) is 0. The predicted octanol–water partition coefficient (Wildman–Crippen LogP) is 1.30. The number of carbonyl (C=O) groups excluding carboxylic acids is 1. The molecule has 3 rings (SSSR count). The SMILES string of the molecule is Cc1nc(NCCNc2ncccc2C)c2c(n1)C(=O)NCC2. The lowest BCUT2D eigenvalue weighted by Gasteiger charge is -2.19. The van der Waals surface area contributed by atoms with E-state index in [0.717, 1.165) is 29.2 Å². The van der Waals surface area contributed by atoms with Crippen LogP contribution in [0.1, 0.15) is 27.4 Å². The summed E-state index contributed by atoms with van der Waals surface area (Å²) in [5.41, 5.74) is 2.49. The predicted molar refractivity (Wildman–Crippen MR) is 88.8 cm³/mol. The van der Waals surface area contributed by atoms with Crippen molar-refractivity contribution >= 4 is 17.5 Å². The quantitative estimate of drug-likeness (QED) is 0.721. The number of pyridine rings is 1. The van der Waals surface area contributed by atoms with Gasteiger partial charge in [-0.1, -0.05) is 6.07 Å². The molecule has 0 aliphatic carbocycles. The van der Waals surface area contributed by atoms with Crippen molar-refractivity contribution < 1.29 is 4.79 Å². The first-order chi connectivity index (χ1) is 11.1. The second-order valence-electron chi connectivity index (χ2n) is 5.47. The Balaban J connectivity index is 1.65. The van der Waals surface area contributed by atoms with Crippen molar-refractivity contribution in [2.24, 2.45) is 0 Å². The van der Waals surface area contributed by atoms with E-state index in [1.807, 2.05) is 19.1 Å². The number of carbonyl (C=O) groups is 1. The lowest BCUT2D eigenvalue weighted by Crippen LogP contribution is -2.34. The van der Waals surface area contributed by atoms with Crippen molar-refractivity contribution in [1.82, 2.24) is 20.3 Å². The Hall–Kier alpha value is -2.70. The number of hydrogen-bond donors (Lipinski definition) is 3. The summed E-state index contributed by atoms with van der Waals surface area (Å²) >= 11 is 0. The first-order valence-corrected chi connectivity index (χ1v) is 7.70. The van der Waals surface area contributed by atoms with E-state index in [4.69, 9.17) is 0 Å². The highest BCUT2D eigenvalue weighted by molar-refractivity contribution is 5.95. The highest BCUT2D eigenvalue weighted by atomic mass is 16.1. The Labute approximate surface area is 135 Å². The van der Waals surface area contributed by atoms with E-state index in [1.54, 1.807) is 13.1 Å². The third kappa shape index (κ3) is 3.39. The standard InChI is InChI=1S/C16H20N6O/c1-10-4-3-6-17-14(10)18-8-9-19-15-12-5-7-20-16(23)13(12)21-11(2)22-15/h3-4,6H,5,7-9H2,1-2H3,(H,17,18)(H,20,23)(H,19,21,22). The zero-order valence-corrected chi connectivity index (χ0v) is 13.3. The average molecular weight is 312 g/mol. The fraction of sp³-hybridized carbons (Fsp3) is 0.375. The van der Waals surface area contributed by atoms with Gasteiger partial charge in [-0.15, -0.1) is 0 Å². The fourth-order valence-corrected chi connectivity index (χ4v) is 2.58. The second kappa shape index (κ2) is 6.60. The van der Waals surface area contributed by atoms with Crippen molar-refractivity contribution in [2.75, 3.05) is 30.3 Å². The molecule has 0 atom stereocenters. The van der Waals surface area contributed by atoms with Gasteiger partial charge in [0.05, 0.1) is 0 Å². The molecule has 0 radical (unpaired) electrons. The minimum Gasteiger partial charge on any atom is -0.368 e. The van der Waals surface area contributed by atoms with E-state index in [2.05, 4.69) is 30.9 Å². The van der Waals surface area contributed by atoms with Crippen LogP contribution in [-0.2, 0) is 6.42 Å². The van der Waals surface area contributed by atoms with E-state index < -0.39 is 0 Å². The van der Waals surface area contributed by atoms with Gasteiger partial charge >= 0.3 is 0 Å². The number of nitrogens with zero attached hydrogens (tertiary/aromatic N) is 3. The van der Waals surface area contributed by atoms with Crippen molar-refractivity contribution in [1.29, 1.82) is 0 Å². The fourth-order valence-electron chi connectivity index (χ4n) is 2.58. The van der Waals surface area contributed by atoms with Crippen molar-refractivity contribution in [3.05, 3.63) is 41.0 Å². The molecule has 3 N–H and O–H groups in total. The van der Waals surface area contributed by atoms with Crippen molar-refractivity contribution in [3.8, 4) is 0 Å². The number of amides is 1. The summed E-state index contributed by atoms with van der Waals surface area (Å²) < 4.78 is 0. The Morgan fingerprint density at radius 2 is 1.96 bits per heavy atom. The minimum atomic E-state index is -0.123. The smallest absolute Gasteiger partial charge is 0.270 e. The maximum absolute atomic E-state index is 11.9. The van der Waals surface area contributed by atoms with Crippen LogP contribution in [0, 0.1) is 13.8 Å². The zero-order valence-electron chi connectivity index (χ0n) is 13.3. The molecule has 23 heavy (non-hydrogen) atoms. The van der Waals surface area contributed by atoms with Gasteiger partial charge in [0.1, 0.15) is 23.2 Å². The third-order valence-electron chi connectivity index (χ3n) is 3.71. The summed E-state index contributed by atoms with van der Waals surface area (Å²) in [6.45, 7) is 5.83. The summed E-state index contributed by atoms with van der Waals surface area (Å²) in [5.74, 6) is 2.11. The van der Waals surface area contributed by atoms with E-state index >= 15 is 0 Å². The van der Waals surface area contributed by atoms with E-state index in [0.29, 0.717) is 31.2 Å². The minimum absolute atomic E-state index is 0.123. The van der Waals surface area contributed by atoms with Gasteiger partial charge in [-0.25, -0.2) is 15.0 Å². The summed E-state index contributed by atoms with van der Waals surface area (Å²) in [6.07, 6.45) is 2.52. The van der Waals surface area contributed by atoms with Gasteiger partial charge in [0.15, 0.2) is 0 Å². The number of fused-ring (bicyclic) bond motifs is 1. The molecule has 7 heteroatoms. The van der Waals surface area contributed by atoms with Crippen LogP contribution in [0.25, 0.3) is 0 Å². The number of hydrogen-bond acceptors (Lipinski definition) is 6. The van der Waals surface area contributed by atoms with E-state index in [-0.39, 0.29) is 5.91 Å². The number of nitrogens with one attached hydrogen (secondary N) is 3. The van der Waals surface area contributed by atoms with Crippen molar-refractivity contribution in [2.45, 2.75) is 20.3 Å². The summed E-state index contributed by atoms with van der Waals surface area (Å²) in [5, 5.41) is 9.40. The largest absolute Gasteiger partial charge is 0.368 e. The van der Waals surface area contributed by atoms with E-state index in [1.165, 1.54) is 0 Å². The maximum Gasteiger partial charge on any atom is 0.270 e. The lowest BCUT2D eigenvalue weighted by atomic mass is 10.1. The number of aromatic nitrogens is 3. The highest BCUT2D eigenvalue weighted by Crippen LogP contribution is 2.20. The van der Waals surface area contributed by atoms with Gasteiger partial charge in [-0.3, -0.25) is 4.79 Å². The van der Waals surface area contributed by atoms with Gasteiger partial charge in [-0.2, -0.15) is 0 Å². The molecule has 2 aromatic rings. The topological polar surface area (TPSA) is 91.8 Å². The number of aryl methyl sites for hydroxylation is 2. The molecule has 2 aromatic heterocycles. The highest BCUT2D eigenvalue weighted by Gasteiger charge is 2.22. The molecule has 0 fully saturated rings. The Bertz CT molecular complexity index is 731. The van der Waals surface area contributed by atoms with Gasteiger partial charge in [-0.05, 0) is 31.9 Å². The van der Waals surface area contributed by atoms with Crippen LogP contribution in [0.2, 0.25) is 0 Å². The lowest BCUT2D eigenvalue weighted by molar-refractivity contribution is 0.0940. The summed E-state index contributed by atoms with van der Waals surface area (Å²) in [6, 6.07) is 3.94. The normalized spacial score (nSPS) is 13.2. The van der Waals surface area contributed by atoms with Crippen LogP contribution >= 0.6 is 0 Å². The molecule has 1 aliphatic heterocycles. The van der Waals surface area contributed by atoms with Crippen LogP contribution in [0.15, 0.2) is 18.3 Å². The Morgan fingerprint density at radius 1 is 1.17 bits per heavy atom. The molecule has 7 nitrogen and oxygen atoms in total. The second-order valence-corrected chi connectivity index (χ2v) is 5.47. The monoisotopic (exact) mass is 312 g/mol. The molecule has 120 valence electrons. The zero-order chi connectivity index (χ0) is 16.2. The first kappa shape index (κ1) is 15.2. The summed E-state index contributed by atoms with van der Waals surface area (Å²) in [4.78, 5) is 24.9. The molecule has 0 saturated heterocycles.